The van der Waals surface area contributed by atoms with Gasteiger partial charge in [-0.1, -0.05) is 23.7 Å². The number of esters is 1. The Morgan fingerprint density at radius 2 is 1.91 bits per heavy atom. The first-order chi connectivity index (χ1) is 15.9. The molecule has 0 radical (unpaired) electrons. The minimum Gasteiger partial charge on any atom is -0.465 e. The molecular formula is C25H20ClN3O4. The predicted octanol–water partition coefficient (Wildman–Crippen LogP) is 4.85. The SMILES string of the molecule is COC(=O)c1ccc(-c2cc(Cl)c3oc(CNC(=O)/C=C/c4ccc(N)nc4)cc3c2)cc1. The third-order valence-corrected chi connectivity index (χ3v) is 5.22. The summed E-state index contributed by atoms with van der Waals surface area (Å²) in [5, 5.41) is 4.04. The Kier molecular flexibility index (Phi) is 6.42. The molecule has 0 bridgehead atoms. The van der Waals surface area contributed by atoms with Crippen molar-refractivity contribution in [2.24, 2.45) is 0 Å². The van der Waals surface area contributed by atoms with Crippen molar-refractivity contribution in [1.82, 2.24) is 10.3 Å². The minimum atomic E-state index is -0.392. The number of nitrogen functional groups attached to an aromatic ring is 1. The Morgan fingerprint density at radius 3 is 2.61 bits per heavy atom. The maximum atomic E-state index is 12.1. The highest BCUT2D eigenvalue weighted by Crippen LogP contribution is 2.33. The Bertz CT molecular complexity index is 1340. The second-order valence-corrected chi connectivity index (χ2v) is 7.63. The van der Waals surface area contributed by atoms with E-state index in [0.717, 1.165) is 22.1 Å². The van der Waals surface area contributed by atoms with E-state index < -0.39 is 5.97 Å². The standard InChI is InChI=1S/C25H20ClN3O4/c1-32-25(31)17-6-4-16(5-7-17)18-10-19-11-20(33-24(19)21(26)12-18)14-29-23(30)9-3-15-2-8-22(27)28-13-15/h2-13H,14H2,1H3,(H2,27,28)(H,29,30)/b9-3+. The lowest BCUT2D eigenvalue weighted by molar-refractivity contribution is -0.116. The van der Waals surface area contributed by atoms with Crippen LogP contribution < -0.4 is 11.1 Å². The van der Waals surface area contributed by atoms with E-state index in [-0.39, 0.29) is 12.5 Å². The molecule has 2 heterocycles. The van der Waals surface area contributed by atoms with Crippen LogP contribution in [0.5, 0.6) is 0 Å². The number of fused-ring (bicyclic) bond motifs is 1. The molecule has 0 fully saturated rings. The summed E-state index contributed by atoms with van der Waals surface area (Å²) >= 11 is 6.44. The number of carbonyl (C=O) groups is 2. The number of anilines is 1. The molecule has 2 aromatic heterocycles. The van der Waals surface area contributed by atoms with Crippen molar-refractivity contribution in [3.05, 3.63) is 88.8 Å². The van der Waals surface area contributed by atoms with Gasteiger partial charge in [-0.2, -0.15) is 0 Å². The summed E-state index contributed by atoms with van der Waals surface area (Å²) in [6.45, 7) is 0.206. The predicted molar refractivity (Wildman–Crippen MR) is 128 cm³/mol. The fourth-order valence-electron chi connectivity index (χ4n) is 3.25. The number of carbonyl (C=O) groups excluding carboxylic acids is 2. The van der Waals surface area contributed by atoms with Gasteiger partial charge in [0.15, 0.2) is 5.58 Å². The van der Waals surface area contributed by atoms with Gasteiger partial charge in [0.1, 0.15) is 11.6 Å². The molecule has 7 nitrogen and oxygen atoms in total. The van der Waals surface area contributed by atoms with E-state index in [1.807, 2.05) is 24.3 Å². The summed E-state index contributed by atoms with van der Waals surface area (Å²) in [5.74, 6) is 0.323. The largest absolute Gasteiger partial charge is 0.465 e. The van der Waals surface area contributed by atoms with Crippen molar-refractivity contribution >= 4 is 46.3 Å². The van der Waals surface area contributed by atoms with Gasteiger partial charge in [-0.15, -0.1) is 0 Å². The molecule has 4 aromatic rings. The van der Waals surface area contributed by atoms with Gasteiger partial charge < -0.3 is 20.2 Å². The molecule has 1 amide bonds. The van der Waals surface area contributed by atoms with Crippen molar-refractivity contribution in [2.75, 3.05) is 12.8 Å². The summed E-state index contributed by atoms with van der Waals surface area (Å²) in [6.07, 6.45) is 4.65. The van der Waals surface area contributed by atoms with Crippen molar-refractivity contribution < 1.29 is 18.7 Å². The molecule has 8 heteroatoms. The Balaban J connectivity index is 1.46. The molecule has 4 rings (SSSR count). The van der Waals surface area contributed by atoms with Crippen LogP contribution in [0.4, 0.5) is 5.82 Å². The van der Waals surface area contributed by atoms with E-state index in [1.165, 1.54) is 13.2 Å². The topological polar surface area (TPSA) is 107 Å². The molecule has 0 atom stereocenters. The van der Waals surface area contributed by atoms with Crippen LogP contribution in [0.25, 0.3) is 28.2 Å². The number of hydrogen-bond donors (Lipinski definition) is 2. The number of ether oxygens (including phenoxy) is 1. The first-order valence-corrected chi connectivity index (χ1v) is 10.4. The van der Waals surface area contributed by atoms with Gasteiger partial charge in [0, 0.05) is 17.7 Å². The Hall–Kier alpha value is -4.10. The third-order valence-electron chi connectivity index (χ3n) is 4.93. The van der Waals surface area contributed by atoms with E-state index in [1.54, 1.807) is 42.6 Å². The molecule has 166 valence electrons. The maximum Gasteiger partial charge on any atom is 0.337 e. The number of halogens is 1. The molecule has 33 heavy (non-hydrogen) atoms. The lowest BCUT2D eigenvalue weighted by Gasteiger charge is -2.05. The molecule has 0 aliphatic rings. The number of hydrogen-bond acceptors (Lipinski definition) is 6. The maximum absolute atomic E-state index is 12.1. The zero-order chi connectivity index (χ0) is 23.4. The molecule has 0 aliphatic heterocycles. The normalized spacial score (nSPS) is 11.1. The fraction of sp³-hybridized carbons (Fsp3) is 0.0800. The summed E-state index contributed by atoms with van der Waals surface area (Å²) in [4.78, 5) is 27.7. The van der Waals surface area contributed by atoms with Crippen LogP contribution in [0.3, 0.4) is 0 Å². The van der Waals surface area contributed by atoms with E-state index in [9.17, 15) is 9.59 Å². The Labute approximate surface area is 194 Å². The first-order valence-electron chi connectivity index (χ1n) is 10.0. The average molecular weight is 462 g/mol. The van der Waals surface area contributed by atoms with Gasteiger partial charge in [-0.25, -0.2) is 9.78 Å². The molecular weight excluding hydrogens is 442 g/mol. The zero-order valence-corrected chi connectivity index (χ0v) is 18.4. The van der Waals surface area contributed by atoms with Crippen LogP contribution in [0, 0.1) is 0 Å². The van der Waals surface area contributed by atoms with E-state index >= 15 is 0 Å². The molecule has 0 aliphatic carbocycles. The van der Waals surface area contributed by atoms with Crippen LogP contribution >= 0.6 is 11.6 Å². The number of pyridine rings is 1. The highest BCUT2D eigenvalue weighted by atomic mass is 35.5. The second-order valence-electron chi connectivity index (χ2n) is 7.23. The molecule has 0 spiro atoms. The van der Waals surface area contributed by atoms with Gasteiger partial charge in [0.2, 0.25) is 5.91 Å². The number of nitrogens with one attached hydrogen (secondary N) is 1. The molecule has 0 saturated carbocycles. The molecule has 0 unspecified atom stereocenters. The van der Waals surface area contributed by atoms with Crippen molar-refractivity contribution in [2.45, 2.75) is 6.54 Å². The number of rotatable bonds is 6. The Morgan fingerprint density at radius 1 is 1.12 bits per heavy atom. The summed E-state index contributed by atoms with van der Waals surface area (Å²) in [6, 6.07) is 16.1. The van der Waals surface area contributed by atoms with E-state index in [4.69, 9.17) is 26.5 Å². The molecule has 3 N–H and O–H groups in total. The first kappa shape index (κ1) is 22.1. The van der Waals surface area contributed by atoms with Gasteiger partial charge in [0.05, 0.1) is 24.2 Å². The number of aromatic nitrogens is 1. The van der Waals surface area contributed by atoms with Crippen LogP contribution in [0.1, 0.15) is 21.7 Å². The van der Waals surface area contributed by atoms with Gasteiger partial charge in [-0.05, 0) is 65.2 Å². The highest BCUT2D eigenvalue weighted by Gasteiger charge is 2.12. The van der Waals surface area contributed by atoms with Crippen LogP contribution in [0.2, 0.25) is 5.02 Å². The second kappa shape index (κ2) is 9.58. The highest BCUT2D eigenvalue weighted by molar-refractivity contribution is 6.35. The molecule has 2 aromatic carbocycles. The van der Waals surface area contributed by atoms with Crippen molar-refractivity contribution in [3.8, 4) is 11.1 Å². The fourth-order valence-corrected chi connectivity index (χ4v) is 3.52. The molecule has 0 saturated heterocycles. The van der Waals surface area contributed by atoms with Crippen molar-refractivity contribution in [3.63, 3.8) is 0 Å². The quantitative estimate of drug-likeness (QED) is 0.314. The average Bonchev–Trinajstić information content (AvgIpc) is 3.26. The minimum absolute atomic E-state index is 0.206. The number of benzene rings is 2. The van der Waals surface area contributed by atoms with Crippen LogP contribution in [0.15, 0.2) is 71.3 Å². The van der Waals surface area contributed by atoms with Crippen LogP contribution in [-0.4, -0.2) is 24.0 Å². The third kappa shape index (κ3) is 5.22. The monoisotopic (exact) mass is 461 g/mol. The summed E-state index contributed by atoms with van der Waals surface area (Å²) in [5.41, 5.74) is 9.09. The van der Waals surface area contributed by atoms with Gasteiger partial charge in [-0.3, -0.25) is 4.79 Å². The van der Waals surface area contributed by atoms with Gasteiger partial charge >= 0.3 is 5.97 Å². The lowest BCUT2D eigenvalue weighted by atomic mass is 10.0. The smallest absolute Gasteiger partial charge is 0.337 e. The number of nitrogens with zero attached hydrogens (tertiary/aromatic N) is 1. The summed E-state index contributed by atoms with van der Waals surface area (Å²) < 4.78 is 10.6. The number of methoxy groups -OCH3 is 1. The lowest BCUT2D eigenvalue weighted by Crippen LogP contribution is -2.19. The summed E-state index contributed by atoms with van der Waals surface area (Å²) in [7, 11) is 1.34. The van der Waals surface area contributed by atoms with Crippen molar-refractivity contribution in [1.29, 1.82) is 0 Å². The number of amides is 1. The van der Waals surface area contributed by atoms with E-state index in [0.29, 0.717) is 27.7 Å². The number of nitrogens with two attached hydrogens (primary N) is 1. The van der Waals surface area contributed by atoms with Crippen LogP contribution in [-0.2, 0) is 16.1 Å². The zero-order valence-electron chi connectivity index (χ0n) is 17.7. The van der Waals surface area contributed by atoms with E-state index in [2.05, 4.69) is 10.3 Å². The number of furan rings is 1. The van der Waals surface area contributed by atoms with Gasteiger partial charge in [0.25, 0.3) is 0 Å².